The maximum Gasteiger partial charge on any atom is 0.352 e. The molecule has 2 aromatic heterocycles. The van der Waals surface area contributed by atoms with Crippen LogP contribution in [0.25, 0.3) is 0 Å². The monoisotopic (exact) mass is 298 g/mol. The summed E-state index contributed by atoms with van der Waals surface area (Å²) in [5, 5.41) is 8.98. The van der Waals surface area contributed by atoms with Crippen LogP contribution in [0.3, 0.4) is 0 Å². The molecule has 0 aliphatic carbocycles. The minimum atomic E-state index is -1.02. The molecule has 0 atom stereocenters. The van der Waals surface area contributed by atoms with Gasteiger partial charge in [-0.3, -0.25) is 0 Å². The van der Waals surface area contributed by atoms with Crippen LogP contribution in [0, 0.1) is 5.95 Å². The number of aromatic nitrogens is 2. The van der Waals surface area contributed by atoms with Crippen molar-refractivity contribution in [2.75, 3.05) is 0 Å². The molecule has 0 radical (unpaired) electrons. The Morgan fingerprint density at radius 2 is 2.29 bits per heavy atom. The molecule has 0 saturated heterocycles. The lowest BCUT2D eigenvalue weighted by atomic mass is 10.2. The van der Waals surface area contributed by atoms with E-state index in [0.29, 0.717) is 10.0 Å². The van der Waals surface area contributed by atoms with E-state index in [1.165, 1.54) is 22.9 Å². The first-order valence-electron chi connectivity index (χ1n) is 4.75. The average molecular weight is 299 g/mol. The highest BCUT2D eigenvalue weighted by atomic mass is 79.9. The Morgan fingerprint density at radius 3 is 2.94 bits per heavy atom. The van der Waals surface area contributed by atoms with Crippen molar-refractivity contribution in [1.29, 1.82) is 0 Å². The van der Waals surface area contributed by atoms with Crippen molar-refractivity contribution >= 4 is 21.9 Å². The molecule has 0 saturated carbocycles. The molecule has 0 aliphatic rings. The topological polar surface area (TPSA) is 55.1 Å². The number of halogens is 2. The van der Waals surface area contributed by atoms with Gasteiger partial charge in [0.05, 0.1) is 0 Å². The number of aromatic carboxylic acids is 1. The molecule has 88 valence electrons. The van der Waals surface area contributed by atoms with E-state index in [4.69, 9.17) is 5.11 Å². The van der Waals surface area contributed by atoms with E-state index in [-0.39, 0.29) is 12.2 Å². The van der Waals surface area contributed by atoms with E-state index in [1.54, 1.807) is 12.3 Å². The highest BCUT2D eigenvalue weighted by Gasteiger charge is 2.11. The number of rotatable bonds is 3. The first kappa shape index (κ1) is 11.8. The molecule has 6 heteroatoms. The Bertz CT molecular complexity index is 568. The van der Waals surface area contributed by atoms with Gasteiger partial charge >= 0.3 is 5.97 Å². The summed E-state index contributed by atoms with van der Waals surface area (Å²) >= 11 is 3.21. The first-order chi connectivity index (χ1) is 8.06. The van der Waals surface area contributed by atoms with Gasteiger partial charge in [0.25, 0.3) is 0 Å². The molecule has 4 nitrogen and oxygen atoms in total. The summed E-state index contributed by atoms with van der Waals surface area (Å²) in [6.07, 6.45) is 2.99. The van der Waals surface area contributed by atoms with Gasteiger partial charge < -0.3 is 9.67 Å². The van der Waals surface area contributed by atoms with Gasteiger partial charge in [-0.2, -0.15) is 4.39 Å². The largest absolute Gasteiger partial charge is 0.477 e. The van der Waals surface area contributed by atoms with Gasteiger partial charge in [-0.25, -0.2) is 9.78 Å². The lowest BCUT2D eigenvalue weighted by molar-refractivity contribution is 0.0685. The maximum absolute atomic E-state index is 12.9. The quantitative estimate of drug-likeness (QED) is 0.886. The normalized spacial score (nSPS) is 10.5. The standard InChI is InChI=1S/C11H8BrFN2O2/c12-8-4-9(11(16)17)15(6-8)5-7-1-2-14-10(13)3-7/h1-4,6H,5H2,(H,16,17). The molecule has 0 aromatic carbocycles. The van der Waals surface area contributed by atoms with Gasteiger partial charge in [0.1, 0.15) is 5.69 Å². The zero-order chi connectivity index (χ0) is 12.4. The van der Waals surface area contributed by atoms with Crippen molar-refractivity contribution in [3.05, 3.63) is 52.3 Å². The molecule has 17 heavy (non-hydrogen) atoms. The number of carboxylic acid groups (broad SMARTS) is 1. The predicted octanol–water partition coefficient (Wildman–Crippen LogP) is 2.53. The lowest BCUT2D eigenvalue weighted by Crippen LogP contribution is -2.08. The third-order valence-corrected chi connectivity index (χ3v) is 2.66. The third-order valence-electron chi connectivity index (χ3n) is 2.23. The molecule has 0 aliphatic heterocycles. The number of carboxylic acids is 1. The first-order valence-corrected chi connectivity index (χ1v) is 5.55. The summed E-state index contributed by atoms with van der Waals surface area (Å²) in [4.78, 5) is 14.4. The number of nitrogens with zero attached hydrogens (tertiary/aromatic N) is 2. The lowest BCUT2D eigenvalue weighted by Gasteiger charge is -2.05. The highest BCUT2D eigenvalue weighted by molar-refractivity contribution is 9.10. The Hall–Kier alpha value is -1.69. The number of hydrogen-bond acceptors (Lipinski definition) is 2. The third kappa shape index (κ3) is 2.71. The molecule has 2 rings (SSSR count). The molecule has 2 heterocycles. The fourth-order valence-electron chi connectivity index (χ4n) is 1.52. The maximum atomic E-state index is 12.9. The molecule has 0 unspecified atom stereocenters. The molecule has 1 N–H and O–H groups in total. The van der Waals surface area contributed by atoms with E-state index >= 15 is 0 Å². The van der Waals surface area contributed by atoms with Crippen molar-refractivity contribution in [2.45, 2.75) is 6.54 Å². The Balaban J connectivity index is 2.32. The summed E-state index contributed by atoms with van der Waals surface area (Å²) in [5.41, 5.74) is 0.803. The van der Waals surface area contributed by atoms with Gasteiger partial charge in [-0.1, -0.05) is 0 Å². The Morgan fingerprint density at radius 1 is 1.53 bits per heavy atom. The zero-order valence-electron chi connectivity index (χ0n) is 8.60. The van der Waals surface area contributed by atoms with Crippen LogP contribution < -0.4 is 0 Å². The van der Waals surface area contributed by atoms with Gasteiger partial charge in [-0.05, 0) is 39.7 Å². The number of pyridine rings is 1. The number of carbonyl (C=O) groups is 1. The molecule has 0 spiro atoms. The van der Waals surface area contributed by atoms with E-state index in [1.807, 2.05) is 0 Å². The van der Waals surface area contributed by atoms with Crippen LogP contribution in [0.5, 0.6) is 0 Å². The zero-order valence-corrected chi connectivity index (χ0v) is 10.2. The minimum absolute atomic E-state index is 0.147. The SMILES string of the molecule is O=C(O)c1cc(Br)cn1Cc1ccnc(F)c1. The highest BCUT2D eigenvalue weighted by Crippen LogP contribution is 2.16. The van der Waals surface area contributed by atoms with Crippen LogP contribution in [0.15, 0.2) is 35.1 Å². The fraction of sp³-hybridized carbons (Fsp3) is 0.0909. The molecular formula is C11H8BrFN2O2. The Labute approximate surface area is 105 Å². The van der Waals surface area contributed by atoms with Crippen molar-refractivity contribution in [2.24, 2.45) is 0 Å². The van der Waals surface area contributed by atoms with Gasteiger partial charge in [-0.15, -0.1) is 0 Å². The van der Waals surface area contributed by atoms with E-state index in [2.05, 4.69) is 20.9 Å². The molecule has 2 aromatic rings. The Kier molecular flexibility index (Phi) is 3.23. The summed E-state index contributed by atoms with van der Waals surface area (Å²) < 4.78 is 15.1. The van der Waals surface area contributed by atoms with Crippen molar-refractivity contribution in [1.82, 2.24) is 9.55 Å². The summed E-state index contributed by atoms with van der Waals surface area (Å²) in [6.45, 7) is 0.284. The van der Waals surface area contributed by atoms with Crippen LogP contribution in [0.1, 0.15) is 16.1 Å². The molecule has 0 bridgehead atoms. The van der Waals surface area contributed by atoms with Crippen LogP contribution >= 0.6 is 15.9 Å². The van der Waals surface area contributed by atoms with Gasteiger partial charge in [0, 0.05) is 23.4 Å². The smallest absolute Gasteiger partial charge is 0.352 e. The molecule has 0 fully saturated rings. The van der Waals surface area contributed by atoms with Gasteiger partial charge in [0.2, 0.25) is 5.95 Å². The predicted molar refractivity (Wildman–Crippen MR) is 62.4 cm³/mol. The van der Waals surface area contributed by atoms with Gasteiger partial charge in [0.15, 0.2) is 0 Å². The molecule has 0 amide bonds. The van der Waals surface area contributed by atoms with Crippen LogP contribution in [0.2, 0.25) is 0 Å². The average Bonchev–Trinajstić information content (AvgIpc) is 2.59. The van der Waals surface area contributed by atoms with Crippen molar-refractivity contribution in [3.8, 4) is 0 Å². The second-order valence-electron chi connectivity index (χ2n) is 3.46. The second-order valence-corrected chi connectivity index (χ2v) is 4.38. The van der Waals surface area contributed by atoms with E-state index < -0.39 is 11.9 Å². The van der Waals surface area contributed by atoms with Crippen molar-refractivity contribution < 1.29 is 14.3 Å². The molecular weight excluding hydrogens is 291 g/mol. The van der Waals surface area contributed by atoms with E-state index in [9.17, 15) is 9.18 Å². The van der Waals surface area contributed by atoms with Crippen LogP contribution in [0.4, 0.5) is 4.39 Å². The van der Waals surface area contributed by atoms with Crippen LogP contribution in [-0.4, -0.2) is 20.6 Å². The number of hydrogen-bond donors (Lipinski definition) is 1. The summed E-state index contributed by atoms with van der Waals surface area (Å²) in [5.74, 6) is -1.60. The minimum Gasteiger partial charge on any atom is -0.477 e. The summed E-state index contributed by atoms with van der Waals surface area (Å²) in [7, 11) is 0. The van der Waals surface area contributed by atoms with Crippen LogP contribution in [-0.2, 0) is 6.54 Å². The second kappa shape index (κ2) is 4.67. The van der Waals surface area contributed by atoms with E-state index in [0.717, 1.165) is 0 Å². The van der Waals surface area contributed by atoms with Crippen molar-refractivity contribution in [3.63, 3.8) is 0 Å². The summed E-state index contributed by atoms with van der Waals surface area (Å²) in [6, 6.07) is 4.42. The fourth-order valence-corrected chi connectivity index (χ4v) is 1.99.